The summed E-state index contributed by atoms with van der Waals surface area (Å²) in [6.07, 6.45) is 9.87. The number of allylic oxidation sites excluding steroid dienone is 3. The molecule has 4 atom stereocenters. The van der Waals surface area contributed by atoms with Gasteiger partial charge in [-0.3, -0.25) is 0 Å². The van der Waals surface area contributed by atoms with Crippen LogP contribution in [0, 0.1) is 5.92 Å². The molecule has 10 rings (SSSR count). The van der Waals surface area contributed by atoms with E-state index in [0.717, 1.165) is 18.3 Å². The van der Waals surface area contributed by atoms with E-state index in [2.05, 4.69) is 136 Å². The van der Waals surface area contributed by atoms with Crippen LogP contribution in [0.4, 0.5) is 5.69 Å². The van der Waals surface area contributed by atoms with Crippen molar-refractivity contribution in [3.8, 4) is 5.69 Å². The summed E-state index contributed by atoms with van der Waals surface area (Å²) in [6, 6.07) is 33.9. The third kappa shape index (κ3) is 3.30. The molecular weight excluding hydrogens is 543 g/mol. The van der Waals surface area contributed by atoms with E-state index < -0.39 is 0 Å². The number of rotatable bonds is 3. The molecule has 2 aromatic heterocycles. The summed E-state index contributed by atoms with van der Waals surface area (Å²) in [5.74, 6) is 2.04. The number of hydrogen-bond donors (Lipinski definition) is 1. The van der Waals surface area contributed by atoms with E-state index in [-0.39, 0.29) is 6.17 Å². The second kappa shape index (κ2) is 8.87. The van der Waals surface area contributed by atoms with Gasteiger partial charge in [0.25, 0.3) is 0 Å². The summed E-state index contributed by atoms with van der Waals surface area (Å²) in [7, 11) is 0. The fourth-order valence-corrected chi connectivity index (χ4v) is 10.3. The lowest BCUT2D eigenvalue weighted by atomic mass is 9.95. The van der Waals surface area contributed by atoms with Gasteiger partial charge in [0.15, 0.2) is 0 Å². The molecule has 3 aliphatic carbocycles. The first kappa shape index (κ1) is 24.2. The summed E-state index contributed by atoms with van der Waals surface area (Å²) in [5, 5.41) is 8.27. The van der Waals surface area contributed by atoms with Crippen LogP contribution in [0.25, 0.3) is 37.6 Å². The fourth-order valence-electron chi connectivity index (χ4n) is 8.69. The average molecular weight is 576 g/mol. The highest BCUT2D eigenvalue weighted by molar-refractivity contribution is 7.20. The minimum absolute atomic E-state index is 0.0353. The van der Waals surface area contributed by atoms with Crippen LogP contribution in [0.2, 0.25) is 0 Å². The van der Waals surface area contributed by atoms with Crippen molar-refractivity contribution in [1.29, 1.82) is 0 Å². The zero-order valence-corrected chi connectivity index (χ0v) is 25.1. The molecule has 3 nitrogen and oxygen atoms in total. The van der Waals surface area contributed by atoms with Crippen molar-refractivity contribution in [3.63, 3.8) is 0 Å². The van der Waals surface area contributed by atoms with Crippen molar-refractivity contribution >= 4 is 48.9 Å². The molecule has 4 heteroatoms. The Morgan fingerprint density at radius 2 is 1.63 bits per heavy atom. The van der Waals surface area contributed by atoms with Gasteiger partial charge in [-0.15, -0.1) is 11.3 Å². The number of nitrogens with one attached hydrogen (secondary N) is 1. The number of nitrogens with zero attached hydrogens (tertiary/aromatic N) is 2. The molecule has 4 unspecified atom stereocenters. The van der Waals surface area contributed by atoms with Gasteiger partial charge in [0, 0.05) is 43.3 Å². The lowest BCUT2D eigenvalue weighted by Crippen LogP contribution is -2.29. The molecule has 210 valence electrons. The Morgan fingerprint density at radius 3 is 2.56 bits per heavy atom. The Morgan fingerprint density at radius 1 is 0.791 bits per heavy atom. The highest BCUT2D eigenvalue weighted by Crippen LogP contribution is 2.59. The summed E-state index contributed by atoms with van der Waals surface area (Å²) in [6.45, 7) is 2.33. The van der Waals surface area contributed by atoms with Crippen LogP contribution in [-0.4, -0.2) is 4.57 Å². The number of fused-ring (bicyclic) bond motifs is 11. The Kier molecular flexibility index (Phi) is 4.99. The number of hydrogen-bond acceptors (Lipinski definition) is 3. The Labute approximate surface area is 255 Å². The maximum atomic E-state index is 3.96. The van der Waals surface area contributed by atoms with Crippen molar-refractivity contribution in [2.24, 2.45) is 5.92 Å². The van der Waals surface area contributed by atoms with E-state index in [4.69, 9.17) is 0 Å². The normalized spacial score (nSPS) is 24.0. The first-order chi connectivity index (χ1) is 21.2. The largest absolute Gasteiger partial charge is 0.363 e. The molecule has 0 amide bonds. The molecule has 0 radical (unpaired) electrons. The third-order valence-electron chi connectivity index (χ3n) is 10.6. The molecular formula is C39H33N3S. The van der Waals surface area contributed by atoms with E-state index in [9.17, 15) is 0 Å². The zero-order valence-electron chi connectivity index (χ0n) is 24.3. The van der Waals surface area contributed by atoms with Gasteiger partial charge >= 0.3 is 0 Å². The maximum Gasteiger partial charge on any atom is 0.130 e. The van der Waals surface area contributed by atoms with Gasteiger partial charge in [-0.1, -0.05) is 67.6 Å². The molecule has 1 N–H and O–H groups in total. The van der Waals surface area contributed by atoms with E-state index in [0.29, 0.717) is 5.92 Å². The van der Waals surface area contributed by atoms with Gasteiger partial charge in [-0.05, 0) is 96.5 Å². The van der Waals surface area contributed by atoms with E-state index in [1.54, 1.807) is 10.4 Å². The number of aromatic nitrogens is 1. The van der Waals surface area contributed by atoms with Gasteiger partial charge in [0.1, 0.15) is 6.17 Å². The van der Waals surface area contributed by atoms with Crippen LogP contribution in [0.5, 0.6) is 0 Å². The highest BCUT2D eigenvalue weighted by atomic mass is 32.1. The topological polar surface area (TPSA) is 20.2 Å². The van der Waals surface area contributed by atoms with Crippen LogP contribution in [0.3, 0.4) is 0 Å². The van der Waals surface area contributed by atoms with Crippen LogP contribution in [0.15, 0.2) is 115 Å². The highest BCUT2D eigenvalue weighted by Gasteiger charge is 2.40. The molecule has 1 saturated carbocycles. The van der Waals surface area contributed by atoms with E-state index in [1.165, 1.54) is 79.5 Å². The predicted octanol–water partition coefficient (Wildman–Crippen LogP) is 10.3. The SMILES string of the molecule is CC1CC=CC2=C1NC(c1cccc(-n3c4ccccc4c4c5sc6c(c5ccc43)C3CCC6C3)c1)N2c1ccccc1. The summed E-state index contributed by atoms with van der Waals surface area (Å²) < 4.78 is 4.00. The van der Waals surface area contributed by atoms with Crippen molar-refractivity contribution in [1.82, 2.24) is 9.88 Å². The van der Waals surface area contributed by atoms with Crippen molar-refractivity contribution in [2.75, 3.05) is 4.90 Å². The lowest BCUT2D eigenvalue weighted by molar-refractivity contribution is 0.575. The summed E-state index contributed by atoms with van der Waals surface area (Å²) in [5.41, 5.74) is 10.6. The fraction of sp³-hybridized carbons (Fsp3) is 0.231. The first-order valence-corrected chi connectivity index (χ1v) is 16.7. The molecule has 0 spiro atoms. The molecule has 3 heterocycles. The van der Waals surface area contributed by atoms with Gasteiger partial charge in [0.2, 0.25) is 0 Å². The van der Waals surface area contributed by atoms with Crippen LogP contribution < -0.4 is 10.2 Å². The molecule has 43 heavy (non-hydrogen) atoms. The van der Waals surface area contributed by atoms with Crippen LogP contribution >= 0.6 is 11.3 Å². The molecule has 1 aliphatic heterocycles. The minimum atomic E-state index is 0.0353. The second-order valence-electron chi connectivity index (χ2n) is 13.0. The van der Waals surface area contributed by atoms with Crippen molar-refractivity contribution < 1.29 is 0 Å². The Hall–Kier alpha value is -4.28. The summed E-state index contributed by atoms with van der Waals surface area (Å²) >= 11 is 2.09. The smallest absolute Gasteiger partial charge is 0.130 e. The molecule has 4 aromatic carbocycles. The van der Waals surface area contributed by atoms with E-state index >= 15 is 0 Å². The monoisotopic (exact) mass is 575 g/mol. The standard InChI is InChI=1S/C39H33N3S/c1-23-9-7-16-33-36(23)40-39(42(33)27-11-3-2-4-12-27)26-10-8-13-28(22-26)41-31-15-6-5-14-29(31)35-32(41)20-19-30-34-24-17-18-25(21-24)37(34)43-38(30)35/h2-8,10-16,19-20,22-25,39-40H,9,17-18,21H2,1H3. The number of benzene rings is 4. The van der Waals surface area contributed by atoms with Crippen LogP contribution in [0.1, 0.15) is 66.6 Å². The van der Waals surface area contributed by atoms with E-state index in [1.807, 2.05) is 0 Å². The van der Waals surface area contributed by atoms with Crippen LogP contribution in [-0.2, 0) is 0 Å². The van der Waals surface area contributed by atoms with Gasteiger partial charge in [-0.2, -0.15) is 0 Å². The zero-order chi connectivity index (χ0) is 28.2. The predicted molar refractivity (Wildman–Crippen MR) is 180 cm³/mol. The quantitative estimate of drug-likeness (QED) is 0.227. The number of anilines is 1. The Bertz CT molecular complexity index is 2160. The second-order valence-corrected chi connectivity index (χ2v) is 14.0. The first-order valence-electron chi connectivity index (χ1n) is 15.8. The van der Waals surface area contributed by atoms with Gasteiger partial charge < -0.3 is 14.8 Å². The molecule has 6 aromatic rings. The third-order valence-corrected chi connectivity index (χ3v) is 12.0. The minimum Gasteiger partial charge on any atom is -0.363 e. The summed E-state index contributed by atoms with van der Waals surface area (Å²) in [4.78, 5) is 4.17. The van der Waals surface area contributed by atoms with Gasteiger partial charge in [0.05, 0.1) is 16.7 Å². The Balaban J connectivity index is 1.16. The maximum absolute atomic E-state index is 3.96. The lowest BCUT2D eigenvalue weighted by Gasteiger charge is -2.29. The molecule has 2 bridgehead atoms. The number of thiophene rings is 1. The van der Waals surface area contributed by atoms with Crippen molar-refractivity contribution in [2.45, 2.75) is 50.6 Å². The number of para-hydroxylation sites is 2. The van der Waals surface area contributed by atoms with Gasteiger partial charge in [-0.25, -0.2) is 0 Å². The van der Waals surface area contributed by atoms with Crippen molar-refractivity contribution in [3.05, 3.63) is 131 Å². The molecule has 0 saturated heterocycles. The molecule has 4 aliphatic rings. The average Bonchev–Trinajstić information content (AvgIpc) is 3.86. The molecule has 1 fully saturated rings.